The predicted molar refractivity (Wildman–Crippen MR) is 84.2 cm³/mol. The zero-order valence-electron chi connectivity index (χ0n) is 13.6. The van der Waals surface area contributed by atoms with E-state index in [4.69, 9.17) is 4.74 Å². The fraction of sp³-hybridized carbons (Fsp3) is 0.857. The van der Waals surface area contributed by atoms with E-state index in [9.17, 15) is 8.42 Å². The van der Waals surface area contributed by atoms with Crippen LogP contribution in [0.4, 0.5) is 0 Å². The molecule has 0 aliphatic heterocycles. The van der Waals surface area contributed by atoms with E-state index < -0.39 is 16.1 Å². The van der Waals surface area contributed by atoms with E-state index >= 15 is 0 Å². The van der Waals surface area contributed by atoms with Crippen LogP contribution in [0.25, 0.3) is 0 Å². The number of ether oxygens (including phenoxy) is 1. The van der Waals surface area contributed by atoms with Crippen molar-refractivity contribution < 1.29 is 13.2 Å². The minimum Gasteiger partial charge on any atom is -0.467 e. The quantitative estimate of drug-likeness (QED) is 0.825. The summed E-state index contributed by atoms with van der Waals surface area (Å²) in [7, 11) is -1.80. The monoisotopic (exact) mass is 330 g/mol. The SMILES string of the molecule is CCn1c(OC)nnc1[C@@H](C)NS(=O)(=O)CC1CCCCC1. The topological polar surface area (TPSA) is 86.1 Å². The third-order valence-electron chi connectivity index (χ3n) is 4.17. The molecule has 1 aliphatic carbocycles. The van der Waals surface area contributed by atoms with Crippen molar-refractivity contribution in [2.75, 3.05) is 12.9 Å². The molecule has 1 aliphatic rings. The first-order chi connectivity index (χ1) is 10.5. The minimum absolute atomic E-state index is 0.203. The van der Waals surface area contributed by atoms with E-state index in [0.29, 0.717) is 18.4 Å². The van der Waals surface area contributed by atoms with Crippen molar-refractivity contribution in [2.45, 2.75) is 58.5 Å². The van der Waals surface area contributed by atoms with Crippen LogP contribution in [0.15, 0.2) is 0 Å². The normalized spacial score (nSPS) is 18.3. The third kappa shape index (κ3) is 4.19. The van der Waals surface area contributed by atoms with Gasteiger partial charge < -0.3 is 4.74 Å². The first-order valence-electron chi connectivity index (χ1n) is 7.94. The fourth-order valence-electron chi connectivity index (χ4n) is 3.10. The van der Waals surface area contributed by atoms with Gasteiger partial charge in [0.2, 0.25) is 10.0 Å². The van der Waals surface area contributed by atoms with E-state index in [1.54, 1.807) is 11.5 Å². The van der Waals surface area contributed by atoms with Gasteiger partial charge in [0, 0.05) is 6.54 Å². The lowest BCUT2D eigenvalue weighted by Crippen LogP contribution is -2.33. The second kappa shape index (κ2) is 7.41. The smallest absolute Gasteiger partial charge is 0.316 e. The molecule has 2 rings (SSSR count). The molecular formula is C14H26N4O3S. The van der Waals surface area contributed by atoms with Crippen LogP contribution in [0.5, 0.6) is 6.01 Å². The number of sulfonamides is 1. The molecule has 1 aromatic heterocycles. The van der Waals surface area contributed by atoms with Crippen molar-refractivity contribution in [1.82, 2.24) is 19.5 Å². The van der Waals surface area contributed by atoms with Crippen LogP contribution in [0.3, 0.4) is 0 Å². The van der Waals surface area contributed by atoms with E-state index in [-0.39, 0.29) is 11.7 Å². The molecule has 1 N–H and O–H groups in total. The zero-order chi connectivity index (χ0) is 16.2. The number of hydrogen-bond acceptors (Lipinski definition) is 5. The Balaban J connectivity index is 2.03. The molecular weight excluding hydrogens is 304 g/mol. The van der Waals surface area contributed by atoms with Crippen molar-refractivity contribution in [1.29, 1.82) is 0 Å². The molecule has 0 bridgehead atoms. The molecule has 126 valence electrons. The van der Waals surface area contributed by atoms with Gasteiger partial charge in [0.15, 0.2) is 5.82 Å². The average Bonchev–Trinajstić information content (AvgIpc) is 2.90. The molecule has 1 heterocycles. The van der Waals surface area contributed by atoms with Gasteiger partial charge in [-0.3, -0.25) is 4.57 Å². The number of hydrogen-bond donors (Lipinski definition) is 1. The zero-order valence-corrected chi connectivity index (χ0v) is 14.4. The molecule has 22 heavy (non-hydrogen) atoms. The summed E-state index contributed by atoms with van der Waals surface area (Å²) in [5, 5.41) is 7.98. The van der Waals surface area contributed by atoms with Crippen LogP contribution >= 0.6 is 0 Å². The lowest BCUT2D eigenvalue weighted by molar-refractivity contribution is 0.354. The second-order valence-corrected chi connectivity index (χ2v) is 7.71. The van der Waals surface area contributed by atoms with Gasteiger partial charge >= 0.3 is 6.01 Å². The molecule has 0 unspecified atom stereocenters. The maximum absolute atomic E-state index is 12.4. The molecule has 1 atom stereocenters. The highest BCUT2D eigenvalue weighted by molar-refractivity contribution is 7.89. The first-order valence-corrected chi connectivity index (χ1v) is 9.59. The Morgan fingerprint density at radius 3 is 2.59 bits per heavy atom. The van der Waals surface area contributed by atoms with Crippen LogP contribution in [-0.4, -0.2) is 36.0 Å². The van der Waals surface area contributed by atoms with Gasteiger partial charge in [-0.2, -0.15) is 0 Å². The average molecular weight is 330 g/mol. The van der Waals surface area contributed by atoms with Gasteiger partial charge in [0.05, 0.1) is 18.9 Å². The second-order valence-electron chi connectivity index (χ2n) is 5.91. The summed E-state index contributed by atoms with van der Waals surface area (Å²) in [4.78, 5) is 0. The molecule has 7 nitrogen and oxygen atoms in total. The highest BCUT2D eigenvalue weighted by atomic mass is 32.2. The van der Waals surface area contributed by atoms with Gasteiger partial charge in [0.25, 0.3) is 0 Å². The highest BCUT2D eigenvalue weighted by Crippen LogP contribution is 2.25. The lowest BCUT2D eigenvalue weighted by atomic mass is 9.91. The Hall–Kier alpha value is -1.15. The van der Waals surface area contributed by atoms with Crippen molar-refractivity contribution in [3.63, 3.8) is 0 Å². The Bertz CT molecular complexity index is 579. The van der Waals surface area contributed by atoms with Gasteiger partial charge in [-0.15, -0.1) is 5.10 Å². The van der Waals surface area contributed by atoms with Crippen molar-refractivity contribution in [3.8, 4) is 6.01 Å². The molecule has 1 saturated carbocycles. The van der Waals surface area contributed by atoms with E-state index in [1.807, 2.05) is 6.92 Å². The van der Waals surface area contributed by atoms with Gasteiger partial charge in [-0.05, 0) is 32.6 Å². The summed E-state index contributed by atoms with van der Waals surface area (Å²) in [5.41, 5.74) is 0. The summed E-state index contributed by atoms with van der Waals surface area (Å²) in [6.07, 6.45) is 5.51. The predicted octanol–water partition coefficient (Wildman–Crippen LogP) is 1.87. The highest BCUT2D eigenvalue weighted by Gasteiger charge is 2.25. The van der Waals surface area contributed by atoms with Crippen LogP contribution in [0.1, 0.15) is 57.8 Å². The molecule has 0 aromatic carbocycles. The maximum Gasteiger partial charge on any atom is 0.316 e. The number of aromatic nitrogens is 3. The molecule has 1 fully saturated rings. The largest absolute Gasteiger partial charge is 0.467 e. The van der Waals surface area contributed by atoms with E-state index in [2.05, 4.69) is 14.9 Å². The Kier molecular flexibility index (Phi) is 5.80. The standard InChI is InChI=1S/C14H26N4O3S/c1-4-18-13(15-16-14(18)21-3)11(2)17-22(19,20)10-12-8-6-5-7-9-12/h11-12,17H,4-10H2,1-3H3/t11-/m1/s1. The van der Waals surface area contributed by atoms with Crippen molar-refractivity contribution in [3.05, 3.63) is 5.82 Å². The maximum atomic E-state index is 12.4. The van der Waals surface area contributed by atoms with Crippen LogP contribution < -0.4 is 9.46 Å². The summed E-state index contributed by atoms with van der Waals surface area (Å²) in [6, 6.07) is -0.0271. The van der Waals surface area contributed by atoms with Gasteiger partial charge in [-0.1, -0.05) is 24.4 Å². The van der Waals surface area contributed by atoms with Crippen molar-refractivity contribution in [2.24, 2.45) is 5.92 Å². The first kappa shape index (κ1) is 17.2. The molecule has 0 saturated heterocycles. The number of nitrogens with zero attached hydrogens (tertiary/aromatic N) is 3. The summed E-state index contributed by atoms with van der Waals surface area (Å²) in [5.74, 6) is 1.05. The minimum atomic E-state index is -3.32. The van der Waals surface area contributed by atoms with Crippen LogP contribution in [0.2, 0.25) is 0 Å². The Morgan fingerprint density at radius 1 is 1.32 bits per heavy atom. The van der Waals surface area contributed by atoms with E-state index in [1.165, 1.54) is 13.5 Å². The summed E-state index contributed by atoms with van der Waals surface area (Å²) >= 11 is 0. The van der Waals surface area contributed by atoms with Crippen molar-refractivity contribution >= 4 is 10.0 Å². The number of nitrogens with one attached hydrogen (secondary N) is 1. The number of methoxy groups -OCH3 is 1. The van der Waals surface area contributed by atoms with E-state index in [0.717, 1.165) is 25.7 Å². The van der Waals surface area contributed by atoms with Crippen LogP contribution in [0, 0.1) is 5.92 Å². The Labute approximate surface area is 132 Å². The molecule has 8 heteroatoms. The van der Waals surface area contributed by atoms with Gasteiger partial charge in [-0.25, -0.2) is 13.1 Å². The molecule has 0 radical (unpaired) electrons. The van der Waals surface area contributed by atoms with Crippen LogP contribution in [-0.2, 0) is 16.6 Å². The summed E-state index contributed by atoms with van der Waals surface area (Å²) in [6.45, 7) is 4.35. The number of rotatable bonds is 7. The Morgan fingerprint density at radius 2 is 2.00 bits per heavy atom. The molecule has 0 amide bonds. The third-order valence-corrected chi connectivity index (χ3v) is 5.79. The lowest BCUT2D eigenvalue weighted by Gasteiger charge is -2.22. The fourth-order valence-corrected chi connectivity index (χ4v) is 4.80. The molecule has 1 aromatic rings. The summed E-state index contributed by atoms with van der Waals surface area (Å²) < 4.78 is 34.3. The molecule has 0 spiro atoms. The van der Waals surface area contributed by atoms with Gasteiger partial charge in [0.1, 0.15) is 0 Å².